The Hall–Kier alpha value is -2.02. The quantitative estimate of drug-likeness (QED) is 0.905. The van der Waals surface area contributed by atoms with E-state index in [1.165, 1.54) is 0 Å². The standard InChI is InChI=1S/C15H19N5OS/c21-14(17-7-4-13-16-8-10-22-13)12-3-1-9-20(11-12)15-18-5-2-6-19-15/h2,5-6,8,10,12H,1,3-4,7,9,11H2,(H,17,21). The van der Waals surface area contributed by atoms with E-state index in [0.29, 0.717) is 19.0 Å². The summed E-state index contributed by atoms with van der Waals surface area (Å²) in [5.74, 6) is 0.842. The number of hydrogen-bond acceptors (Lipinski definition) is 6. The fourth-order valence-electron chi connectivity index (χ4n) is 2.64. The second kappa shape index (κ2) is 7.31. The fraction of sp³-hybridized carbons (Fsp3) is 0.467. The molecule has 1 fully saturated rings. The number of anilines is 1. The summed E-state index contributed by atoms with van der Waals surface area (Å²) in [6, 6.07) is 1.80. The van der Waals surface area contributed by atoms with Crippen LogP contribution in [0.5, 0.6) is 0 Å². The van der Waals surface area contributed by atoms with Gasteiger partial charge >= 0.3 is 0 Å². The van der Waals surface area contributed by atoms with Crippen molar-refractivity contribution in [2.24, 2.45) is 5.92 Å². The molecule has 2 aromatic rings. The summed E-state index contributed by atoms with van der Waals surface area (Å²) < 4.78 is 0. The van der Waals surface area contributed by atoms with E-state index in [2.05, 4.69) is 25.2 Å². The average molecular weight is 317 g/mol. The van der Waals surface area contributed by atoms with Crippen LogP contribution in [0, 0.1) is 5.92 Å². The molecular weight excluding hydrogens is 298 g/mol. The first kappa shape index (κ1) is 14.9. The SMILES string of the molecule is O=C(NCCc1nccs1)C1CCCN(c2ncccn2)C1. The molecule has 22 heavy (non-hydrogen) atoms. The summed E-state index contributed by atoms with van der Waals surface area (Å²) in [6.45, 7) is 2.24. The van der Waals surface area contributed by atoms with E-state index >= 15 is 0 Å². The van der Waals surface area contributed by atoms with Crippen LogP contribution < -0.4 is 10.2 Å². The van der Waals surface area contributed by atoms with Crippen molar-refractivity contribution < 1.29 is 4.79 Å². The molecule has 0 aromatic carbocycles. The molecule has 2 aromatic heterocycles. The maximum atomic E-state index is 12.3. The number of piperidine rings is 1. The molecule has 1 atom stereocenters. The Morgan fingerprint density at radius 2 is 2.18 bits per heavy atom. The molecule has 1 aliphatic rings. The van der Waals surface area contributed by atoms with Crippen molar-refractivity contribution in [2.75, 3.05) is 24.5 Å². The van der Waals surface area contributed by atoms with Gasteiger partial charge in [-0.3, -0.25) is 4.79 Å². The van der Waals surface area contributed by atoms with Gasteiger partial charge in [-0.25, -0.2) is 15.0 Å². The summed E-state index contributed by atoms with van der Waals surface area (Å²) in [7, 11) is 0. The van der Waals surface area contributed by atoms with Gasteiger partial charge in [0.1, 0.15) is 0 Å². The highest BCUT2D eigenvalue weighted by Crippen LogP contribution is 2.20. The van der Waals surface area contributed by atoms with E-state index in [1.54, 1.807) is 36.0 Å². The Morgan fingerprint density at radius 1 is 1.32 bits per heavy atom. The predicted molar refractivity (Wildman–Crippen MR) is 85.8 cm³/mol. The van der Waals surface area contributed by atoms with Gasteiger partial charge in [0, 0.05) is 50.0 Å². The van der Waals surface area contributed by atoms with Gasteiger partial charge in [-0.1, -0.05) is 0 Å². The molecule has 3 heterocycles. The highest BCUT2D eigenvalue weighted by atomic mass is 32.1. The van der Waals surface area contributed by atoms with Crippen LogP contribution in [0.15, 0.2) is 30.0 Å². The topological polar surface area (TPSA) is 71.0 Å². The van der Waals surface area contributed by atoms with Crippen LogP contribution in [0.1, 0.15) is 17.8 Å². The molecule has 1 unspecified atom stereocenters. The first-order valence-electron chi connectivity index (χ1n) is 7.51. The van der Waals surface area contributed by atoms with Crippen molar-refractivity contribution in [3.8, 4) is 0 Å². The van der Waals surface area contributed by atoms with Gasteiger partial charge in [0.05, 0.1) is 10.9 Å². The molecule has 0 bridgehead atoms. The molecule has 1 N–H and O–H groups in total. The van der Waals surface area contributed by atoms with E-state index in [4.69, 9.17) is 0 Å². The van der Waals surface area contributed by atoms with E-state index in [9.17, 15) is 4.79 Å². The average Bonchev–Trinajstić information content (AvgIpc) is 3.09. The van der Waals surface area contributed by atoms with Gasteiger partial charge in [-0.15, -0.1) is 11.3 Å². The molecule has 7 heteroatoms. The number of aromatic nitrogens is 3. The zero-order valence-electron chi connectivity index (χ0n) is 12.3. The Morgan fingerprint density at radius 3 is 2.95 bits per heavy atom. The largest absolute Gasteiger partial charge is 0.355 e. The number of amides is 1. The second-order valence-electron chi connectivity index (χ2n) is 5.30. The van der Waals surface area contributed by atoms with Gasteiger partial charge in [-0.05, 0) is 18.9 Å². The van der Waals surface area contributed by atoms with Gasteiger partial charge in [0.25, 0.3) is 0 Å². The lowest BCUT2D eigenvalue weighted by atomic mass is 9.97. The van der Waals surface area contributed by atoms with E-state index in [-0.39, 0.29) is 11.8 Å². The molecule has 0 saturated carbocycles. The molecular formula is C15H19N5OS. The third-order valence-corrected chi connectivity index (χ3v) is 4.59. The van der Waals surface area contributed by atoms with Gasteiger partial charge in [0.2, 0.25) is 11.9 Å². The number of carbonyl (C=O) groups is 1. The lowest BCUT2D eigenvalue weighted by molar-refractivity contribution is -0.125. The van der Waals surface area contributed by atoms with Crippen molar-refractivity contribution in [2.45, 2.75) is 19.3 Å². The maximum Gasteiger partial charge on any atom is 0.225 e. The first-order chi connectivity index (χ1) is 10.8. The van der Waals surface area contributed by atoms with Crippen molar-refractivity contribution >= 4 is 23.2 Å². The number of rotatable bonds is 5. The molecule has 0 radical (unpaired) electrons. The summed E-state index contributed by atoms with van der Waals surface area (Å²) in [5.41, 5.74) is 0. The lowest BCUT2D eigenvalue weighted by Gasteiger charge is -2.31. The first-order valence-corrected chi connectivity index (χ1v) is 8.39. The van der Waals surface area contributed by atoms with E-state index in [0.717, 1.165) is 30.8 Å². The zero-order chi connectivity index (χ0) is 15.2. The molecule has 1 saturated heterocycles. The normalized spacial score (nSPS) is 18.2. The van der Waals surface area contributed by atoms with Crippen molar-refractivity contribution in [3.63, 3.8) is 0 Å². The minimum absolute atomic E-state index is 0.00820. The maximum absolute atomic E-state index is 12.3. The summed E-state index contributed by atoms with van der Waals surface area (Å²) in [5, 5.41) is 6.04. The van der Waals surface area contributed by atoms with Crippen LogP contribution >= 0.6 is 11.3 Å². The van der Waals surface area contributed by atoms with E-state index < -0.39 is 0 Å². The molecule has 1 aliphatic heterocycles. The van der Waals surface area contributed by atoms with Crippen LogP contribution in [0.3, 0.4) is 0 Å². The van der Waals surface area contributed by atoms with Gasteiger partial charge in [0.15, 0.2) is 0 Å². The van der Waals surface area contributed by atoms with Crippen LogP contribution in [-0.2, 0) is 11.2 Å². The highest BCUT2D eigenvalue weighted by molar-refractivity contribution is 7.09. The molecule has 116 valence electrons. The van der Waals surface area contributed by atoms with Crippen molar-refractivity contribution in [1.82, 2.24) is 20.3 Å². The lowest BCUT2D eigenvalue weighted by Crippen LogP contribution is -2.44. The smallest absolute Gasteiger partial charge is 0.225 e. The molecule has 6 nitrogen and oxygen atoms in total. The number of nitrogens with one attached hydrogen (secondary N) is 1. The third kappa shape index (κ3) is 3.79. The second-order valence-corrected chi connectivity index (χ2v) is 6.28. The Labute approximate surface area is 133 Å². The Kier molecular flexibility index (Phi) is 4.95. The van der Waals surface area contributed by atoms with Gasteiger partial charge in [-0.2, -0.15) is 0 Å². The number of carbonyl (C=O) groups excluding carboxylic acids is 1. The minimum Gasteiger partial charge on any atom is -0.355 e. The third-order valence-electron chi connectivity index (χ3n) is 3.75. The van der Waals surface area contributed by atoms with Crippen LogP contribution in [-0.4, -0.2) is 40.5 Å². The molecule has 0 spiro atoms. The minimum atomic E-state index is 0.00820. The molecule has 1 amide bonds. The molecule has 0 aliphatic carbocycles. The van der Waals surface area contributed by atoms with Crippen molar-refractivity contribution in [1.29, 1.82) is 0 Å². The van der Waals surface area contributed by atoms with E-state index in [1.807, 2.05) is 5.38 Å². The molecule has 3 rings (SSSR count). The Balaban J connectivity index is 1.49. The zero-order valence-corrected chi connectivity index (χ0v) is 13.1. The van der Waals surface area contributed by atoms with Crippen molar-refractivity contribution in [3.05, 3.63) is 35.0 Å². The number of nitrogens with zero attached hydrogens (tertiary/aromatic N) is 4. The summed E-state index contributed by atoms with van der Waals surface area (Å²) in [4.78, 5) is 27.2. The highest BCUT2D eigenvalue weighted by Gasteiger charge is 2.26. The van der Waals surface area contributed by atoms with Gasteiger partial charge < -0.3 is 10.2 Å². The fourth-order valence-corrected chi connectivity index (χ4v) is 3.26. The number of thiazole rings is 1. The van der Waals surface area contributed by atoms with Crippen LogP contribution in [0.4, 0.5) is 5.95 Å². The Bertz CT molecular complexity index is 589. The predicted octanol–water partition coefficient (Wildman–Crippen LogP) is 1.51. The summed E-state index contributed by atoms with van der Waals surface area (Å²) >= 11 is 1.62. The monoisotopic (exact) mass is 317 g/mol. The van der Waals surface area contributed by atoms with Crippen LogP contribution in [0.25, 0.3) is 0 Å². The number of hydrogen-bond donors (Lipinski definition) is 1. The summed E-state index contributed by atoms with van der Waals surface area (Å²) in [6.07, 6.45) is 7.97. The van der Waals surface area contributed by atoms with Crippen LogP contribution in [0.2, 0.25) is 0 Å².